The van der Waals surface area contributed by atoms with Crippen LogP contribution in [-0.2, 0) is 6.54 Å². The number of rotatable bonds is 4. The molecule has 1 aromatic carbocycles. The van der Waals surface area contributed by atoms with Gasteiger partial charge in [0.1, 0.15) is 0 Å². The number of hydrogen-bond acceptors (Lipinski definition) is 2. The average Bonchev–Trinajstić information content (AvgIpc) is 2.67. The highest BCUT2D eigenvalue weighted by Crippen LogP contribution is 2.34. The van der Waals surface area contributed by atoms with Crippen molar-refractivity contribution >= 4 is 5.69 Å². The predicted octanol–water partition coefficient (Wildman–Crippen LogP) is 4.49. The summed E-state index contributed by atoms with van der Waals surface area (Å²) in [5, 5.41) is 3.93. The lowest BCUT2D eigenvalue weighted by Crippen LogP contribution is -2.53. The molecule has 3 rings (SSSR count). The van der Waals surface area contributed by atoms with Crippen molar-refractivity contribution < 1.29 is 0 Å². The number of nitrogens with one attached hydrogen (secondary N) is 1. The summed E-state index contributed by atoms with van der Waals surface area (Å²) in [6.07, 6.45) is 10.9. The summed E-state index contributed by atoms with van der Waals surface area (Å²) in [5.41, 5.74) is 3.32. The molecule has 2 heteroatoms. The smallest absolute Gasteiger partial charge is 0.0412 e. The van der Waals surface area contributed by atoms with Crippen molar-refractivity contribution in [3.8, 4) is 0 Å². The van der Waals surface area contributed by atoms with E-state index in [0.29, 0.717) is 5.54 Å². The molecule has 1 aliphatic carbocycles. The van der Waals surface area contributed by atoms with E-state index >= 15 is 0 Å². The maximum absolute atomic E-state index is 3.93. The van der Waals surface area contributed by atoms with E-state index in [-0.39, 0.29) is 0 Å². The van der Waals surface area contributed by atoms with Gasteiger partial charge in [0.15, 0.2) is 0 Å². The summed E-state index contributed by atoms with van der Waals surface area (Å²) in [6.45, 7) is 5.75. The zero-order valence-electron chi connectivity index (χ0n) is 13.5. The van der Waals surface area contributed by atoms with Crippen molar-refractivity contribution in [2.75, 3.05) is 18.0 Å². The molecule has 0 amide bonds. The highest BCUT2D eigenvalue weighted by molar-refractivity contribution is 5.55. The van der Waals surface area contributed by atoms with E-state index in [2.05, 4.69) is 41.4 Å². The number of anilines is 1. The number of unbranched alkanes of at least 4 members (excludes halogenated alkanes) is 2. The van der Waals surface area contributed by atoms with Gasteiger partial charge in [-0.05, 0) is 30.9 Å². The molecule has 1 saturated carbocycles. The Morgan fingerprint density at radius 2 is 1.90 bits per heavy atom. The average molecular weight is 286 g/mol. The van der Waals surface area contributed by atoms with E-state index in [9.17, 15) is 0 Å². The molecule has 0 radical (unpaired) electrons. The van der Waals surface area contributed by atoms with Crippen LogP contribution in [0.5, 0.6) is 0 Å². The molecule has 0 saturated heterocycles. The minimum absolute atomic E-state index is 0.365. The topological polar surface area (TPSA) is 15.3 Å². The van der Waals surface area contributed by atoms with Crippen LogP contribution < -0.4 is 10.2 Å². The van der Waals surface area contributed by atoms with Gasteiger partial charge in [-0.2, -0.15) is 0 Å². The van der Waals surface area contributed by atoms with Crippen LogP contribution in [-0.4, -0.2) is 18.6 Å². The first kappa shape index (κ1) is 14.9. The van der Waals surface area contributed by atoms with Gasteiger partial charge in [-0.25, -0.2) is 0 Å². The third kappa shape index (κ3) is 3.42. The molecule has 21 heavy (non-hydrogen) atoms. The van der Waals surface area contributed by atoms with Crippen LogP contribution in [0, 0.1) is 0 Å². The van der Waals surface area contributed by atoms with Crippen molar-refractivity contribution in [1.29, 1.82) is 0 Å². The van der Waals surface area contributed by atoms with Crippen LogP contribution in [0.15, 0.2) is 24.3 Å². The highest BCUT2D eigenvalue weighted by atomic mass is 15.2. The Hall–Kier alpha value is -1.02. The normalized spacial score (nSPS) is 21.1. The summed E-state index contributed by atoms with van der Waals surface area (Å²) >= 11 is 0. The van der Waals surface area contributed by atoms with Crippen LogP contribution in [0.2, 0.25) is 0 Å². The molecule has 2 aliphatic rings. The van der Waals surface area contributed by atoms with Gasteiger partial charge in [0.05, 0.1) is 0 Å². The Kier molecular flexibility index (Phi) is 4.84. The summed E-state index contributed by atoms with van der Waals surface area (Å²) in [6, 6.07) is 9.01. The Bertz CT molecular complexity index is 449. The standard InChI is InChI=1S/C19H30N2/c1-2-3-9-14-21-16-19(12-7-4-8-13-19)20-15-17-10-5-6-11-18(17)21/h5-6,10-11,20H,2-4,7-9,12-16H2,1H3. The van der Waals surface area contributed by atoms with Crippen LogP contribution >= 0.6 is 0 Å². The van der Waals surface area contributed by atoms with Gasteiger partial charge < -0.3 is 10.2 Å². The molecule has 116 valence electrons. The molecule has 1 heterocycles. The molecule has 1 fully saturated rings. The van der Waals surface area contributed by atoms with Gasteiger partial charge in [0, 0.05) is 30.9 Å². The first-order valence-corrected chi connectivity index (χ1v) is 8.91. The molecule has 1 aromatic rings. The number of para-hydroxylation sites is 1. The fourth-order valence-corrected chi connectivity index (χ4v) is 4.07. The van der Waals surface area contributed by atoms with Crippen molar-refractivity contribution in [2.24, 2.45) is 0 Å². The van der Waals surface area contributed by atoms with Crippen molar-refractivity contribution in [1.82, 2.24) is 5.32 Å². The largest absolute Gasteiger partial charge is 0.369 e. The van der Waals surface area contributed by atoms with Crippen LogP contribution in [0.4, 0.5) is 5.69 Å². The third-order valence-electron chi connectivity index (χ3n) is 5.32. The minimum atomic E-state index is 0.365. The first-order chi connectivity index (χ1) is 10.3. The van der Waals surface area contributed by atoms with E-state index in [1.54, 1.807) is 0 Å². The third-order valence-corrected chi connectivity index (χ3v) is 5.32. The van der Waals surface area contributed by atoms with E-state index in [1.165, 1.54) is 75.7 Å². The number of hydrogen-bond donors (Lipinski definition) is 1. The van der Waals surface area contributed by atoms with E-state index in [4.69, 9.17) is 0 Å². The van der Waals surface area contributed by atoms with E-state index in [0.717, 1.165) is 6.54 Å². The lowest BCUT2D eigenvalue weighted by atomic mass is 9.81. The van der Waals surface area contributed by atoms with Crippen molar-refractivity contribution in [3.63, 3.8) is 0 Å². The summed E-state index contributed by atoms with van der Waals surface area (Å²) in [7, 11) is 0. The van der Waals surface area contributed by atoms with Crippen molar-refractivity contribution in [3.05, 3.63) is 29.8 Å². The van der Waals surface area contributed by atoms with Crippen LogP contribution in [0.3, 0.4) is 0 Å². The molecule has 2 nitrogen and oxygen atoms in total. The summed E-state index contributed by atoms with van der Waals surface area (Å²) in [4.78, 5) is 2.68. The van der Waals surface area contributed by atoms with Gasteiger partial charge in [-0.3, -0.25) is 0 Å². The molecule has 0 atom stereocenters. The second kappa shape index (κ2) is 6.83. The van der Waals surface area contributed by atoms with Crippen LogP contribution in [0.1, 0.15) is 63.9 Å². The zero-order valence-corrected chi connectivity index (χ0v) is 13.5. The lowest BCUT2D eigenvalue weighted by molar-refractivity contribution is 0.236. The maximum Gasteiger partial charge on any atom is 0.0412 e. The highest BCUT2D eigenvalue weighted by Gasteiger charge is 2.35. The zero-order chi connectivity index (χ0) is 14.5. The van der Waals surface area contributed by atoms with E-state index < -0.39 is 0 Å². The first-order valence-electron chi connectivity index (χ1n) is 8.91. The fourth-order valence-electron chi connectivity index (χ4n) is 4.07. The number of fused-ring (bicyclic) bond motifs is 1. The number of nitrogens with zero attached hydrogens (tertiary/aromatic N) is 1. The van der Waals surface area contributed by atoms with Gasteiger partial charge in [0.2, 0.25) is 0 Å². The van der Waals surface area contributed by atoms with Gasteiger partial charge in [-0.15, -0.1) is 0 Å². The Balaban J connectivity index is 1.81. The SMILES string of the molecule is CCCCCN1CC2(CCCCC2)NCc2ccccc21. The van der Waals surface area contributed by atoms with Gasteiger partial charge in [-0.1, -0.05) is 57.2 Å². The maximum atomic E-state index is 3.93. The molecule has 0 unspecified atom stereocenters. The molecule has 1 aliphatic heterocycles. The molecular formula is C19H30N2. The lowest BCUT2D eigenvalue weighted by Gasteiger charge is -2.40. The fraction of sp³-hybridized carbons (Fsp3) is 0.684. The molecule has 0 aromatic heterocycles. The quantitative estimate of drug-likeness (QED) is 0.820. The monoisotopic (exact) mass is 286 g/mol. The van der Waals surface area contributed by atoms with Gasteiger partial charge in [0.25, 0.3) is 0 Å². The Labute approximate surface area is 129 Å². The second-order valence-electron chi connectivity index (χ2n) is 6.95. The molecule has 1 spiro atoms. The number of benzene rings is 1. The van der Waals surface area contributed by atoms with Crippen LogP contribution in [0.25, 0.3) is 0 Å². The summed E-state index contributed by atoms with van der Waals surface area (Å²) < 4.78 is 0. The van der Waals surface area contributed by atoms with Crippen molar-refractivity contribution in [2.45, 2.75) is 70.4 Å². The second-order valence-corrected chi connectivity index (χ2v) is 6.95. The minimum Gasteiger partial charge on any atom is -0.369 e. The Morgan fingerprint density at radius 3 is 2.71 bits per heavy atom. The molecule has 0 bridgehead atoms. The summed E-state index contributed by atoms with van der Waals surface area (Å²) in [5.74, 6) is 0. The Morgan fingerprint density at radius 1 is 1.10 bits per heavy atom. The molecule has 1 N–H and O–H groups in total. The predicted molar refractivity (Wildman–Crippen MR) is 90.8 cm³/mol. The molecular weight excluding hydrogens is 256 g/mol. The van der Waals surface area contributed by atoms with E-state index in [1.807, 2.05) is 0 Å². The van der Waals surface area contributed by atoms with Gasteiger partial charge >= 0.3 is 0 Å².